The fourth-order valence-electron chi connectivity index (χ4n) is 2.27. The van der Waals surface area contributed by atoms with Gasteiger partial charge in [-0.3, -0.25) is 0 Å². The lowest BCUT2D eigenvalue weighted by molar-refractivity contribution is 0.242. The zero-order valence-electron chi connectivity index (χ0n) is 15.2. The highest BCUT2D eigenvalue weighted by atomic mass is 16.5. The van der Waals surface area contributed by atoms with Gasteiger partial charge in [0.2, 0.25) is 0 Å². The molecule has 3 nitrogen and oxygen atoms in total. The van der Waals surface area contributed by atoms with Gasteiger partial charge in [0.1, 0.15) is 11.5 Å². The molecular weight excluding hydrogens is 298 g/mol. The Bertz CT molecular complexity index is 605. The number of nitrogens with one attached hydrogen (secondary N) is 1. The molecule has 24 heavy (non-hydrogen) atoms. The molecule has 0 bridgehead atoms. The van der Waals surface area contributed by atoms with E-state index in [2.05, 4.69) is 43.4 Å². The molecule has 0 aliphatic heterocycles. The Morgan fingerprint density at radius 2 is 1.67 bits per heavy atom. The molecule has 2 rings (SSSR count). The van der Waals surface area contributed by atoms with E-state index in [4.69, 9.17) is 9.47 Å². The summed E-state index contributed by atoms with van der Waals surface area (Å²) in [7, 11) is 0. The zero-order valence-corrected chi connectivity index (χ0v) is 15.2. The van der Waals surface area contributed by atoms with E-state index in [-0.39, 0.29) is 6.10 Å². The third kappa shape index (κ3) is 6.53. The van der Waals surface area contributed by atoms with Gasteiger partial charge in [-0.05, 0) is 56.0 Å². The Hall–Kier alpha value is -2.16. The van der Waals surface area contributed by atoms with Crippen LogP contribution in [-0.4, -0.2) is 12.7 Å². The summed E-state index contributed by atoms with van der Waals surface area (Å²) in [5.74, 6) is 2.49. The molecule has 0 atom stereocenters. The largest absolute Gasteiger partial charge is 0.494 e. The number of benzene rings is 2. The Morgan fingerprint density at radius 3 is 2.33 bits per heavy atom. The minimum Gasteiger partial charge on any atom is -0.494 e. The molecule has 1 N–H and O–H groups in total. The topological polar surface area (TPSA) is 30.5 Å². The Kier molecular flexibility index (Phi) is 6.98. The molecule has 0 aromatic heterocycles. The molecule has 0 heterocycles. The smallest absolute Gasteiger partial charge is 0.121 e. The van der Waals surface area contributed by atoms with Crippen LogP contribution < -0.4 is 14.8 Å². The summed E-state index contributed by atoms with van der Waals surface area (Å²) in [5, 5.41) is 3.44. The normalized spacial score (nSPS) is 10.9. The van der Waals surface area contributed by atoms with E-state index in [9.17, 15) is 0 Å². The van der Waals surface area contributed by atoms with E-state index in [0.29, 0.717) is 5.92 Å². The van der Waals surface area contributed by atoms with E-state index in [1.54, 1.807) is 0 Å². The molecule has 0 aliphatic carbocycles. The van der Waals surface area contributed by atoms with Crippen molar-refractivity contribution in [2.24, 2.45) is 5.92 Å². The van der Waals surface area contributed by atoms with Crippen molar-refractivity contribution >= 4 is 5.69 Å². The van der Waals surface area contributed by atoms with Gasteiger partial charge in [-0.2, -0.15) is 0 Å². The number of ether oxygens (including phenoxy) is 2. The van der Waals surface area contributed by atoms with Gasteiger partial charge >= 0.3 is 0 Å². The van der Waals surface area contributed by atoms with Gasteiger partial charge in [-0.15, -0.1) is 0 Å². The van der Waals surface area contributed by atoms with E-state index in [0.717, 1.165) is 36.8 Å². The predicted molar refractivity (Wildman–Crippen MR) is 101 cm³/mol. The molecule has 0 saturated heterocycles. The Morgan fingerprint density at radius 1 is 0.917 bits per heavy atom. The van der Waals surface area contributed by atoms with Crippen molar-refractivity contribution in [3.05, 3.63) is 54.1 Å². The van der Waals surface area contributed by atoms with Gasteiger partial charge in [0.15, 0.2) is 0 Å². The van der Waals surface area contributed by atoms with Gasteiger partial charge in [-0.25, -0.2) is 0 Å². The van der Waals surface area contributed by atoms with Gasteiger partial charge in [0.25, 0.3) is 0 Å². The highest BCUT2D eigenvalue weighted by molar-refractivity contribution is 5.48. The van der Waals surface area contributed by atoms with Crippen LogP contribution in [0, 0.1) is 5.92 Å². The predicted octanol–water partition coefficient (Wildman–Crippen LogP) is 5.51. The summed E-state index contributed by atoms with van der Waals surface area (Å²) >= 11 is 0. The van der Waals surface area contributed by atoms with Crippen LogP contribution >= 0.6 is 0 Å². The minimum absolute atomic E-state index is 0.201. The van der Waals surface area contributed by atoms with Gasteiger partial charge in [0.05, 0.1) is 12.7 Å². The maximum absolute atomic E-state index is 5.81. The van der Waals surface area contributed by atoms with Gasteiger partial charge in [-0.1, -0.05) is 32.0 Å². The van der Waals surface area contributed by atoms with Crippen LogP contribution in [0.1, 0.15) is 39.7 Å². The molecule has 0 unspecified atom stereocenters. The third-order valence-electron chi connectivity index (χ3n) is 3.59. The van der Waals surface area contributed by atoms with E-state index >= 15 is 0 Å². The third-order valence-corrected chi connectivity index (χ3v) is 3.59. The first kappa shape index (κ1) is 18.2. The van der Waals surface area contributed by atoms with Crippen molar-refractivity contribution < 1.29 is 9.47 Å². The van der Waals surface area contributed by atoms with E-state index in [1.165, 1.54) is 5.56 Å². The zero-order chi connectivity index (χ0) is 17.4. The maximum Gasteiger partial charge on any atom is 0.121 e. The lowest BCUT2D eigenvalue weighted by Crippen LogP contribution is -2.05. The van der Waals surface area contributed by atoms with Crippen molar-refractivity contribution in [3.63, 3.8) is 0 Å². The van der Waals surface area contributed by atoms with Crippen molar-refractivity contribution in [3.8, 4) is 11.5 Å². The first-order chi connectivity index (χ1) is 11.5. The molecule has 2 aromatic carbocycles. The van der Waals surface area contributed by atoms with Crippen molar-refractivity contribution in [1.29, 1.82) is 0 Å². The minimum atomic E-state index is 0.201. The molecule has 0 amide bonds. The second kappa shape index (κ2) is 9.21. The summed E-state index contributed by atoms with van der Waals surface area (Å²) < 4.78 is 11.5. The number of anilines is 1. The van der Waals surface area contributed by atoms with Gasteiger partial charge in [0, 0.05) is 18.3 Å². The van der Waals surface area contributed by atoms with Crippen LogP contribution in [-0.2, 0) is 6.54 Å². The average molecular weight is 327 g/mol. The molecule has 0 aliphatic rings. The maximum atomic E-state index is 5.81. The first-order valence-corrected chi connectivity index (χ1v) is 8.75. The summed E-state index contributed by atoms with van der Waals surface area (Å²) in [5.41, 5.74) is 2.29. The Balaban J connectivity index is 1.85. The number of hydrogen-bond donors (Lipinski definition) is 1. The summed E-state index contributed by atoms with van der Waals surface area (Å²) in [6.45, 7) is 10.0. The molecule has 0 radical (unpaired) electrons. The molecule has 130 valence electrons. The monoisotopic (exact) mass is 327 g/mol. The lowest BCUT2D eigenvalue weighted by atomic mass is 10.1. The van der Waals surface area contributed by atoms with Gasteiger partial charge < -0.3 is 14.8 Å². The highest BCUT2D eigenvalue weighted by Crippen LogP contribution is 2.19. The summed E-state index contributed by atoms with van der Waals surface area (Å²) in [6, 6.07) is 16.4. The molecule has 0 fully saturated rings. The van der Waals surface area contributed by atoms with Crippen LogP contribution in [0.15, 0.2) is 48.5 Å². The van der Waals surface area contributed by atoms with Crippen LogP contribution in [0.3, 0.4) is 0 Å². The van der Waals surface area contributed by atoms with Crippen LogP contribution in [0.2, 0.25) is 0 Å². The van der Waals surface area contributed by atoms with Crippen molar-refractivity contribution in [2.45, 2.75) is 46.8 Å². The Labute approximate surface area is 146 Å². The number of hydrogen-bond acceptors (Lipinski definition) is 3. The van der Waals surface area contributed by atoms with E-state index < -0.39 is 0 Å². The lowest BCUT2D eigenvalue weighted by Gasteiger charge is -2.12. The van der Waals surface area contributed by atoms with Crippen LogP contribution in [0.4, 0.5) is 5.69 Å². The first-order valence-electron chi connectivity index (χ1n) is 8.75. The van der Waals surface area contributed by atoms with Crippen molar-refractivity contribution in [1.82, 2.24) is 0 Å². The molecular formula is C21H29NO2. The molecule has 0 saturated carbocycles. The van der Waals surface area contributed by atoms with E-state index in [1.807, 2.05) is 38.1 Å². The SMILES string of the molecule is CC(C)CCOc1cccc(NCc2ccc(OC(C)C)cc2)c1. The summed E-state index contributed by atoms with van der Waals surface area (Å²) in [6.07, 6.45) is 1.27. The quantitative estimate of drug-likeness (QED) is 0.658. The average Bonchev–Trinajstić information content (AvgIpc) is 2.54. The molecule has 2 aromatic rings. The van der Waals surface area contributed by atoms with Crippen LogP contribution in [0.25, 0.3) is 0 Å². The summed E-state index contributed by atoms with van der Waals surface area (Å²) in [4.78, 5) is 0. The van der Waals surface area contributed by atoms with Crippen LogP contribution in [0.5, 0.6) is 11.5 Å². The molecule has 3 heteroatoms. The fraction of sp³-hybridized carbons (Fsp3) is 0.429. The fourth-order valence-corrected chi connectivity index (χ4v) is 2.27. The second-order valence-corrected chi connectivity index (χ2v) is 6.72. The number of rotatable bonds is 9. The highest BCUT2D eigenvalue weighted by Gasteiger charge is 2.01. The molecule has 0 spiro atoms. The second-order valence-electron chi connectivity index (χ2n) is 6.72. The standard InChI is InChI=1S/C21H29NO2/c1-16(2)12-13-23-21-7-5-6-19(14-21)22-15-18-8-10-20(11-9-18)24-17(3)4/h5-11,14,16-17,22H,12-13,15H2,1-4H3. The van der Waals surface area contributed by atoms with Crippen molar-refractivity contribution in [2.75, 3.05) is 11.9 Å².